The van der Waals surface area contributed by atoms with Gasteiger partial charge in [0.2, 0.25) is 0 Å². The molecule has 10 nitrogen and oxygen atoms in total. The van der Waals surface area contributed by atoms with E-state index in [9.17, 15) is 19.7 Å². The fourth-order valence-corrected chi connectivity index (χ4v) is 4.34. The number of aromatic amines is 1. The molecular weight excluding hydrogens is 473 g/mol. The van der Waals surface area contributed by atoms with Crippen LogP contribution in [-0.4, -0.2) is 52.4 Å². The molecule has 4 N–H and O–H groups in total. The van der Waals surface area contributed by atoms with Crippen LogP contribution in [0.15, 0.2) is 30.3 Å². The molecule has 1 unspecified atom stereocenters. The second-order valence-electron chi connectivity index (χ2n) is 8.23. The molecule has 0 fully saturated rings. The highest BCUT2D eigenvalue weighted by Crippen LogP contribution is 2.47. The summed E-state index contributed by atoms with van der Waals surface area (Å²) in [4.78, 5) is 19.3. The molecule has 0 saturated heterocycles. The van der Waals surface area contributed by atoms with Crippen molar-refractivity contribution >= 4 is 13.5 Å². The Morgan fingerprint density at radius 3 is 2.46 bits per heavy atom. The molecule has 190 valence electrons. The molecule has 0 amide bonds. The third kappa shape index (κ3) is 5.73. The minimum atomic E-state index is -4.42. The van der Waals surface area contributed by atoms with Crippen molar-refractivity contribution in [2.75, 3.05) is 32.2 Å². The zero-order valence-electron chi connectivity index (χ0n) is 20.7. The number of nitrogens with zero attached hydrogens (tertiary/aromatic N) is 2. The quantitative estimate of drug-likeness (QED) is 0.272. The van der Waals surface area contributed by atoms with Crippen LogP contribution in [0.5, 0.6) is 23.3 Å². The molecule has 0 radical (unpaired) electrons. The number of hydrogen-bond donors (Lipinski definition) is 4. The smallest absolute Gasteiger partial charge is 0.508 e. The average molecular weight is 506 g/mol. The minimum absolute atomic E-state index is 0.0298. The highest BCUT2D eigenvalue weighted by atomic mass is 31.2. The molecule has 1 heterocycles. The van der Waals surface area contributed by atoms with Gasteiger partial charge >= 0.3 is 13.8 Å². The Balaban J connectivity index is 2.25. The average Bonchev–Trinajstić information content (AvgIpc) is 3.20. The molecular formula is C24H32N3O7P. The number of aromatic nitrogens is 2. The van der Waals surface area contributed by atoms with Crippen LogP contribution < -0.4 is 14.2 Å². The molecule has 0 aliphatic rings. The van der Waals surface area contributed by atoms with Gasteiger partial charge in [-0.1, -0.05) is 13.8 Å². The third-order valence-electron chi connectivity index (χ3n) is 5.55. The van der Waals surface area contributed by atoms with Crippen molar-refractivity contribution in [2.45, 2.75) is 33.6 Å². The number of ether oxygens (including phenoxy) is 1. The highest BCUT2D eigenvalue weighted by molar-refractivity contribution is 7.47. The van der Waals surface area contributed by atoms with E-state index in [1.165, 1.54) is 6.07 Å². The Morgan fingerprint density at radius 2 is 1.86 bits per heavy atom. The van der Waals surface area contributed by atoms with Crippen molar-refractivity contribution in [3.63, 3.8) is 0 Å². The Kier molecular flexibility index (Phi) is 8.00. The monoisotopic (exact) mass is 505 g/mol. The first-order valence-electron chi connectivity index (χ1n) is 11.2. The number of phenolic OH excluding ortho intramolecular Hbond substituents is 2. The molecule has 0 bridgehead atoms. The number of H-pyrrole nitrogens is 1. The lowest BCUT2D eigenvalue weighted by molar-refractivity contribution is 0.209. The summed E-state index contributed by atoms with van der Waals surface area (Å²) in [5.41, 5.74) is 3.11. The summed E-state index contributed by atoms with van der Waals surface area (Å²) in [5, 5.41) is 21.0. The van der Waals surface area contributed by atoms with Crippen LogP contribution in [0.1, 0.15) is 39.2 Å². The SMILES string of the molecule is CCOP(=O)(O)Oc1nc(-c2ccc(OC)c(N(C)CC)c2)c(-c2cc(C(C)C)c(O)cc2O)[nH]1. The molecule has 1 atom stereocenters. The lowest BCUT2D eigenvalue weighted by atomic mass is 9.96. The zero-order chi connectivity index (χ0) is 25.9. The zero-order valence-corrected chi connectivity index (χ0v) is 21.6. The molecule has 1 aromatic heterocycles. The van der Waals surface area contributed by atoms with Gasteiger partial charge in [-0.3, -0.25) is 9.42 Å². The van der Waals surface area contributed by atoms with Crippen molar-refractivity contribution in [1.29, 1.82) is 0 Å². The first-order chi connectivity index (χ1) is 16.5. The van der Waals surface area contributed by atoms with Crippen LogP contribution in [0.4, 0.5) is 5.69 Å². The Labute approximate surface area is 204 Å². The van der Waals surface area contributed by atoms with Gasteiger partial charge in [0, 0.05) is 30.8 Å². The third-order valence-corrected chi connectivity index (χ3v) is 6.54. The van der Waals surface area contributed by atoms with Crippen molar-refractivity contribution in [2.24, 2.45) is 0 Å². The van der Waals surface area contributed by atoms with Crippen molar-refractivity contribution in [3.05, 3.63) is 35.9 Å². The number of phosphoric acid groups is 1. The molecule has 11 heteroatoms. The normalized spacial score (nSPS) is 13.0. The van der Waals surface area contributed by atoms with Crippen LogP contribution >= 0.6 is 7.82 Å². The van der Waals surface area contributed by atoms with E-state index in [4.69, 9.17) is 13.8 Å². The van der Waals surface area contributed by atoms with E-state index in [1.54, 1.807) is 32.2 Å². The summed E-state index contributed by atoms with van der Waals surface area (Å²) in [6.07, 6.45) is 0. The highest BCUT2D eigenvalue weighted by Gasteiger charge is 2.27. The van der Waals surface area contributed by atoms with Crippen LogP contribution in [0.3, 0.4) is 0 Å². The predicted molar refractivity (Wildman–Crippen MR) is 134 cm³/mol. The van der Waals surface area contributed by atoms with Gasteiger partial charge in [0.05, 0.1) is 25.1 Å². The molecule has 0 aliphatic heterocycles. The number of phosphoric ester groups is 1. The number of nitrogens with one attached hydrogen (secondary N) is 1. The number of methoxy groups -OCH3 is 1. The molecule has 35 heavy (non-hydrogen) atoms. The predicted octanol–water partition coefficient (Wildman–Crippen LogP) is 5.26. The van der Waals surface area contributed by atoms with E-state index < -0.39 is 7.82 Å². The lowest BCUT2D eigenvalue weighted by Crippen LogP contribution is -2.16. The van der Waals surface area contributed by atoms with Gasteiger partial charge < -0.3 is 29.4 Å². The van der Waals surface area contributed by atoms with Crippen LogP contribution in [0.2, 0.25) is 0 Å². The summed E-state index contributed by atoms with van der Waals surface area (Å²) in [6.45, 7) is 8.09. The van der Waals surface area contributed by atoms with Gasteiger partial charge in [-0.2, -0.15) is 4.98 Å². The topological polar surface area (TPSA) is 137 Å². The molecule has 0 spiro atoms. The standard InChI is InChI=1S/C24H32N3O7P/c1-7-27(5)18-11-15(9-10-21(18)32-6)22-23(26-24(25-22)34-35(30,31)33-8-2)17-12-16(14(3)4)19(28)13-20(17)29/h9-14,28-29H,7-8H2,1-6H3,(H,25,26)(H,30,31). The van der Waals surface area contributed by atoms with Gasteiger partial charge in [0.15, 0.2) is 0 Å². The van der Waals surface area contributed by atoms with Crippen molar-refractivity contribution in [3.8, 4) is 45.8 Å². The fraction of sp³-hybridized carbons (Fsp3) is 0.375. The maximum Gasteiger partial charge on any atom is 0.529 e. The van der Waals surface area contributed by atoms with E-state index in [0.29, 0.717) is 33.8 Å². The number of aromatic hydroxyl groups is 2. The summed E-state index contributed by atoms with van der Waals surface area (Å²) in [5.74, 6) is 0.404. The van der Waals surface area contributed by atoms with Crippen LogP contribution in [-0.2, 0) is 9.09 Å². The fourth-order valence-electron chi connectivity index (χ4n) is 3.66. The molecule has 2 aromatic carbocycles. The Hall–Kier alpha value is -3.20. The number of anilines is 1. The summed E-state index contributed by atoms with van der Waals surface area (Å²) in [7, 11) is -0.907. The summed E-state index contributed by atoms with van der Waals surface area (Å²) < 4.78 is 27.7. The lowest BCUT2D eigenvalue weighted by Gasteiger charge is -2.20. The van der Waals surface area contributed by atoms with E-state index in [0.717, 1.165) is 12.2 Å². The number of phenols is 2. The number of hydrogen-bond acceptors (Lipinski definition) is 8. The summed E-state index contributed by atoms with van der Waals surface area (Å²) in [6, 6.07) is 8.11. The van der Waals surface area contributed by atoms with Gasteiger partial charge in [0.1, 0.15) is 22.9 Å². The van der Waals surface area contributed by atoms with E-state index >= 15 is 0 Å². The van der Waals surface area contributed by atoms with Gasteiger partial charge in [-0.05, 0) is 49.6 Å². The van der Waals surface area contributed by atoms with Gasteiger partial charge in [-0.15, -0.1) is 0 Å². The maximum atomic E-state index is 12.2. The van der Waals surface area contributed by atoms with E-state index in [1.807, 2.05) is 38.8 Å². The van der Waals surface area contributed by atoms with Crippen molar-refractivity contribution in [1.82, 2.24) is 9.97 Å². The second kappa shape index (κ2) is 10.6. The molecule has 3 aromatic rings. The van der Waals surface area contributed by atoms with Crippen LogP contribution in [0.25, 0.3) is 22.5 Å². The number of rotatable bonds is 10. The first-order valence-corrected chi connectivity index (χ1v) is 12.7. The van der Waals surface area contributed by atoms with Gasteiger partial charge in [-0.25, -0.2) is 4.57 Å². The molecule has 3 rings (SSSR count). The largest absolute Gasteiger partial charge is 0.529 e. The van der Waals surface area contributed by atoms with Crippen LogP contribution in [0, 0.1) is 0 Å². The Bertz CT molecular complexity index is 1240. The molecule has 0 aliphatic carbocycles. The summed E-state index contributed by atoms with van der Waals surface area (Å²) >= 11 is 0. The van der Waals surface area contributed by atoms with E-state index in [-0.39, 0.29) is 30.0 Å². The second-order valence-corrected chi connectivity index (χ2v) is 9.60. The molecule has 0 saturated carbocycles. The van der Waals surface area contributed by atoms with Gasteiger partial charge in [0.25, 0.3) is 0 Å². The maximum absolute atomic E-state index is 12.2. The van der Waals surface area contributed by atoms with E-state index in [2.05, 4.69) is 9.97 Å². The number of imidazole rings is 1. The number of benzene rings is 2. The van der Waals surface area contributed by atoms with Crippen molar-refractivity contribution < 1.29 is 33.5 Å². The Morgan fingerprint density at radius 1 is 1.14 bits per heavy atom. The minimum Gasteiger partial charge on any atom is -0.508 e. The first kappa shape index (κ1) is 26.4.